The number of halogens is 2. The molecule has 0 aliphatic carbocycles. The van der Waals surface area contributed by atoms with Crippen molar-refractivity contribution in [3.05, 3.63) is 57.7 Å². The molecule has 0 unspecified atom stereocenters. The minimum Gasteiger partial charge on any atom is -0.481 e. The largest absolute Gasteiger partial charge is 0.481 e. The van der Waals surface area contributed by atoms with Gasteiger partial charge in [0, 0.05) is 28.9 Å². The number of nitrogens with one attached hydrogen (secondary N) is 1. The Bertz CT molecular complexity index is 558. The van der Waals surface area contributed by atoms with Crippen LogP contribution in [0.25, 0.3) is 0 Å². The monoisotopic (exact) mass is 310 g/mol. The molecule has 20 heavy (non-hydrogen) atoms. The summed E-state index contributed by atoms with van der Waals surface area (Å²) < 4.78 is 5.02. The molecule has 2 aromatic rings. The number of ether oxygens (including phenoxy) is 1. The Morgan fingerprint density at radius 3 is 2.70 bits per heavy atom. The van der Waals surface area contributed by atoms with Crippen molar-refractivity contribution in [2.24, 2.45) is 0 Å². The number of rotatable bonds is 6. The zero-order valence-electron chi connectivity index (χ0n) is 11.2. The Kier molecular flexibility index (Phi) is 5.65. The Labute approximate surface area is 128 Å². The van der Waals surface area contributed by atoms with E-state index in [4.69, 9.17) is 27.9 Å². The first kappa shape index (κ1) is 15.1. The number of benzene rings is 1. The van der Waals surface area contributed by atoms with Crippen molar-refractivity contribution < 1.29 is 4.74 Å². The molecule has 106 valence electrons. The molecule has 0 fully saturated rings. The summed E-state index contributed by atoms with van der Waals surface area (Å²) in [7, 11) is 1.61. The highest BCUT2D eigenvalue weighted by Gasteiger charge is 2.01. The molecule has 1 N–H and O–H groups in total. The summed E-state index contributed by atoms with van der Waals surface area (Å²) in [5, 5.41) is 4.73. The van der Waals surface area contributed by atoms with Crippen LogP contribution in [0.5, 0.6) is 5.88 Å². The number of pyridine rings is 1. The maximum absolute atomic E-state index is 6.12. The Balaban J connectivity index is 1.78. The summed E-state index contributed by atoms with van der Waals surface area (Å²) in [6.45, 7) is 1.61. The summed E-state index contributed by atoms with van der Waals surface area (Å²) >= 11 is 12.0. The van der Waals surface area contributed by atoms with Gasteiger partial charge in [0.15, 0.2) is 0 Å². The van der Waals surface area contributed by atoms with E-state index in [1.54, 1.807) is 19.4 Å². The fourth-order valence-corrected chi connectivity index (χ4v) is 2.32. The average molecular weight is 311 g/mol. The van der Waals surface area contributed by atoms with E-state index >= 15 is 0 Å². The predicted molar refractivity (Wildman–Crippen MR) is 82.7 cm³/mol. The molecule has 5 heteroatoms. The van der Waals surface area contributed by atoms with E-state index in [1.807, 2.05) is 24.3 Å². The lowest BCUT2D eigenvalue weighted by atomic mass is 10.1. The fraction of sp³-hybridized carbons (Fsp3) is 0.267. The fourth-order valence-electron chi connectivity index (χ4n) is 1.82. The van der Waals surface area contributed by atoms with Crippen LogP contribution in [0, 0.1) is 0 Å². The zero-order valence-corrected chi connectivity index (χ0v) is 12.7. The van der Waals surface area contributed by atoms with Crippen molar-refractivity contribution in [2.45, 2.75) is 13.0 Å². The van der Waals surface area contributed by atoms with Crippen molar-refractivity contribution >= 4 is 23.2 Å². The maximum atomic E-state index is 6.12. The zero-order chi connectivity index (χ0) is 14.4. The predicted octanol–water partition coefficient (Wildman–Crippen LogP) is 3.73. The molecular weight excluding hydrogens is 295 g/mol. The van der Waals surface area contributed by atoms with Gasteiger partial charge in [0.1, 0.15) is 0 Å². The molecule has 0 amide bonds. The second kappa shape index (κ2) is 7.48. The van der Waals surface area contributed by atoms with Gasteiger partial charge < -0.3 is 10.1 Å². The standard InChI is InChI=1S/C15H16Cl2N2O/c1-20-15-5-2-11(10-19-15)9-18-7-6-12-3-4-13(16)8-14(12)17/h2-5,8,10,18H,6-7,9H2,1H3. The molecule has 0 saturated heterocycles. The molecule has 2 rings (SSSR count). The number of aromatic nitrogens is 1. The third-order valence-electron chi connectivity index (χ3n) is 2.92. The van der Waals surface area contributed by atoms with Gasteiger partial charge in [0.25, 0.3) is 0 Å². The van der Waals surface area contributed by atoms with E-state index in [0.29, 0.717) is 15.9 Å². The maximum Gasteiger partial charge on any atom is 0.212 e. The van der Waals surface area contributed by atoms with Gasteiger partial charge in [-0.1, -0.05) is 35.3 Å². The lowest BCUT2D eigenvalue weighted by Gasteiger charge is -2.07. The van der Waals surface area contributed by atoms with Crippen LogP contribution >= 0.6 is 23.2 Å². The molecule has 0 radical (unpaired) electrons. The molecule has 3 nitrogen and oxygen atoms in total. The number of hydrogen-bond donors (Lipinski definition) is 1. The first-order valence-electron chi connectivity index (χ1n) is 6.32. The Morgan fingerprint density at radius 1 is 1.20 bits per heavy atom. The van der Waals surface area contributed by atoms with Gasteiger partial charge in [-0.15, -0.1) is 0 Å². The normalized spacial score (nSPS) is 10.6. The smallest absolute Gasteiger partial charge is 0.212 e. The van der Waals surface area contributed by atoms with Gasteiger partial charge in [-0.2, -0.15) is 0 Å². The lowest BCUT2D eigenvalue weighted by Crippen LogP contribution is -2.16. The van der Waals surface area contributed by atoms with Crippen LogP contribution in [0.1, 0.15) is 11.1 Å². The topological polar surface area (TPSA) is 34.1 Å². The van der Waals surface area contributed by atoms with E-state index in [0.717, 1.165) is 30.6 Å². The SMILES string of the molecule is COc1ccc(CNCCc2ccc(Cl)cc2Cl)cn1. The molecule has 0 spiro atoms. The molecule has 0 aliphatic heterocycles. The summed E-state index contributed by atoms with van der Waals surface area (Å²) in [6, 6.07) is 9.43. The van der Waals surface area contributed by atoms with E-state index < -0.39 is 0 Å². The number of methoxy groups -OCH3 is 1. The van der Waals surface area contributed by atoms with E-state index in [9.17, 15) is 0 Å². The first-order chi connectivity index (χ1) is 9.69. The lowest BCUT2D eigenvalue weighted by molar-refractivity contribution is 0.397. The minimum atomic E-state index is 0.627. The highest BCUT2D eigenvalue weighted by molar-refractivity contribution is 6.35. The van der Waals surface area contributed by atoms with Gasteiger partial charge in [-0.25, -0.2) is 4.98 Å². The summed E-state index contributed by atoms with van der Waals surface area (Å²) in [6.07, 6.45) is 2.67. The third kappa shape index (κ3) is 4.37. The van der Waals surface area contributed by atoms with Gasteiger partial charge in [-0.05, 0) is 36.2 Å². The van der Waals surface area contributed by atoms with E-state index in [-0.39, 0.29) is 0 Å². The van der Waals surface area contributed by atoms with Crippen molar-refractivity contribution in [1.82, 2.24) is 10.3 Å². The minimum absolute atomic E-state index is 0.627. The summed E-state index contributed by atoms with van der Waals surface area (Å²) in [5.74, 6) is 0.627. The molecule has 0 saturated carbocycles. The summed E-state index contributed by atoms with van der Waals surface area (Å²) in [4.78, 5) is 4.16. The van der Waals surface area contributed by atoms with Gasteiger partial charge >= 0.3 is 0 Å². The number of nitrogens with zero attached hydrogens (tertiary/aromatic N) is 1. The van der Waals surface area contributed by atoms with Crippen LogP contribution in [0.2, 0.25) is 10.0 Å². The third-order valence-corrected chi connectivity index (χ3v) is 3.51. The van der Waals surface area contributed by atoms with E-state index in [2.05, 4.69) is 10.3 Å². The van der Waals surface area contributed by atoms with Gasteiger partial charge in [0.05, 0.1) is 7.11 Å². The molecule has 0 atom stereocenters. The van der Waals surface area contributed by atoms with Gasteiger partial charge in [0.2, 0.25) is 5.88 Å². The Morgan fingerprint density at radius 2 is 2.05 bits per heavy atom. The quantitative estimate of drug-likeness (QED) is 0.826. The first-order valence-corrected chi connectivity index (χ1v) is 7.08. The number of hydrogen-bond acceptors (Lipinski definition) is 3. The van der Waals surface area contributed by atoms with Crippen LogP contribution in [0.15, 0.2) is 36.5 Å². The van der Waals surface area contributed by atoms with E-state index in [1.165, 1.54) is 0 Å². The van der Waals surface area contributed by atoms with Crippen molar-refractivity contribution in [2.75, 3.05) is 13.7 Å². The van der Waals surface area contributed by atoms with Crippen LogP contribution in [-0.4, -0.2) is 18.6 Å². The molecule has 0 aliphatic rings. The summed E-state index contributed by atoms with van der Waals surface area (Å²) in [5.41, 5.74) is 2.21. The van der Waals surface area contributed by atoms with Crippen molar-refractivity contribution in [1.29, 1.82) is 0 Å². The van der Waals surface area contributed by atoms with Crippen LogP contribution < -0.4 is 10.1 Å². The molecule has 1 heterocycles. The van der Waals surface area contributed by atoms with Crippen molar-refractivity contribution in [3.8, 4) is 5.88 Å². The Hall–Kier alpha value is -1.29. The second-order valence-corrected chi connectivity index (χ2v) is 5.21. The molecule has 1 aromatic carbocycles. The second-order valence-electron chi connectivity index (χ2n) is 4.37. The van der Waals surface area contributed by atoms with Crippen LogP contribution in [0.3, 0.4) is 0 Å². The van der Waals surface area contributed by atoms with Crippen molar-refractivity contribution in [3.63, 3.8) is 0 Å². The molecular formula is C15H16Cl2N2O. The highest BCUT2D eigenvalue weighted by atomic mass is 35.5. The highest BCUT2D eigenvalue weighted by Crippen LogP contribution is 2.21. The average Bonchev–Trinajstić information content (AvgIpc) is 2.46. The van der Waals surface area contributed by atoms with Crippen LogP contribution in [-0.2, 0) is 13.0 Å². The molecule has 0 bridgehead atoms. The molecule has 1 aromatic heterocycles. The van der Waals surface area contributed by atoms with Gasteiger partial charge in [-0.3, -0.25) is 0 Å². The van der Waals surface area contributed by atoms with Crippen LogP contribution in [0.4, 0.5) is 0 Å².